The van der Waals surface area contributed by atoms with Gasteiger partial charge in [-0.15, -0.1) is 0 Å². The third kappa shape index (κ3) is 4.33. The van der Waals surface area contributed by atoms with E-state index in [-0.39, 0.29) is 18.1 Å². The van der Waals surface area contributed by atoms with E-state index in [4.69, 9.17) is 22.4 Å². The SMILES string of the molecule is Cc1ccc(-c2nn3c(c2C(=O)NN=N)CN(C(=O)Nc2ccc(C#N)c(C)c2)CC3)cc1Cl. The molecule has 3 N–H and O–H groups in total. The summed E-state index contributed by atoms with van der Waals surface area (Å²) in [5.74, 6) is -0.590. The highest BCUT2D eigenvalue weighted by Gasteiger charge is 2.31. The number of halogens is 1. The first kappa shape index (κ1) is 22.9. The molecule has 0 aliphatic carbocycles. The number of hydrogen-bond acceptors (Lipinski definition) is 6. The Morgan fingerprint density at radius 1 is 1.18 bits per heavy atom. The van der Waals surface area contributed by atoms with Gasteiger partial charge in [-0.3, -0.25) is 9.48 Å². The zero-order chi connectivity index (χ0) is 24.4. The Kier molecular flexibility index (Phi) is 6.30. The first-order valence-electron chi connectivity index (χ1n) is 10.4. The molecule has 3 amide bonds. The number of aromatic nitrogens is 2. The zero-order valence-corrected chi connectivity index (χ0v) is 19.3. The first-order chi connectivity index (χ1) is 16.3. The normalized spacial score (nSPS) is 12.5. The van der Waals surface area contributed by atoms with Crippen molar-refractivity contribution in [2.45, 2.75) is 26.9 Å². The highest BCUT2D eigenvalue weighted by Crippen LogP contribution is 2.31. The molecule has 0 atom stereocenters. The van der Waals surface area contributed by atoms with Crippen LogP contribution >= 0.6 is 11.6 Å². The summed E-state index contributed by atoms with van der Waals surface area (Å²) in [4.78, 5) is 27.4. The van der Waals surface area contributed by atoms with Crippen LogP contribution in [0.2, 0.25) is 5.02 Å². The second-order valence-corrected chi connectivity index (χ2v) is 8.31. The fourth-order valence-corrected chi connectivity index (χ4v) is 4.03. The number of carbonyl (C=O) groups is 2. The van der Waals surface area contributed by atoms with Crippen molar-refractivity contribution in [3.63, 3.8) is 0 Å². The molecule has 34 heavy (non-hydrogen) atoms. The van der Waals surface area contributed by atoms with Crippen LogP contribution in [0.5, 0.6) is 0 Å². The molecule has 1 aromatic heterocycles. The molecule has 1 aliphatic heterocycles. The van der Waals surface area contributed by atoms with Gasteiger partial charge in [0.2, 0.25) is 0 Å². The minimum absolute atomic E-state index is 0.133. The lowest BCUT2D eigenvalue weighted by molar-refractivity contribution is 0.0947. The number of urea groups is 1. The van der Waals surface area contributed by atoms with E-state index in [1.54, 1.807) is 40.8 Å². The molecule has 2 heterocycles. The van der Waals surface area contributed by atoms with Crippen molar-refractivity contribution >= 4 is 29.2 Å². The second kappa shape index (κ2) is 9.33. The van der Waals surface area contributed by atoms with Crippen molar-refractivity contribution in [3.8, 4) is 17.3 Å². The summed E-state index contributed by atoms with van der Waals surface area (Å²) in [6, 6.07) is 12.2. The van der Waals surface area contributed by atoms with Crippen molar-refractivity contribution < 1.29 is 9.59 Å². The van der Waals surface area contributed by atoms with Gasteiger partial charge in [0.15, 0.2) is 0 Å². The molecule has 1 aliphatic rings. The highest BCUT2D eigenvalue weighted by molar-refractivity contribution is 6.31. The number of hydrogen-bond donors (Lipinski definition) is 3. The molecule has 0 unspecified atom stereocenters. The van der Waals surface area contributed by atoms with Crippen LogP contribution in [-0.2, 0) is 13.1 Å². The largest absolute Gasteiger partial charge is 0.322 e. The number of aryl methyl sites for hydroxylation is 2. The van der Waals surface area contributed by atoms with Crippen molar-refractivity contribution in [1.82, 2.24) is 20.1 Å². The monoisotopic (exact) mass is 476 g/mol. The maximum atomic E-state index is 13.0. The minimum atomic E-state index is -0.590. The predicted molar refractivity (Wildman–Crippen MR) is 125 cm³/mol. The van der Waals surface area contributed by atoms with Crippen molar-refractivity contribution in [1.29, 1.82) is 10.8 Å². The lowest BCUT2D eigenvalue weighted by atomic mass is 10.0. The predicted octanol–water partition coefficient (Wildman–Crippen LogP) is 4.42. The van der Waals surface area contributed by atoms with E-state index in [2.05, 4.69) is 27.1 Å². The quantitative estimate of drug-likeness (QED) is 0.379. The molecule has 3 aromatic rings. The number of fused-ring (bicyclic) bond motifs is 1. The Hall–Kier alpha value is -4.23. The first-order valence-corrected chi connectivity index (χ1v) is 10.8. The van der Waals surface area contributed by atoms with Gasteiger partial charge in [0.25, 0.3) is 5.91 Å². The molecule has 0 spiro atoms. The van der Waals surface area contributed by atoms with Gasteiger partial charge in [0.05, 0.1) is 36.0 Å². The van der Waals surface area contributed by atoms with E-state index in [9.17, 15) is 9.59 Å². The molecule has 2 aromatic carbocycles. The van der Waals surface area contributed by atoms with Gasteiger partial charge in [-0.05, 0) is 49.2 Å². The summed E-state index contributed by atoms with van der Waals surface area (Å²) in [6.45, 7) is 4.58. The number of nitrogens with zero attached hydrogens (tertiary/aromatic N) is 5. The van der Waals surface area contributed by atoms with Gasteiger partial charge in [-0.1, -0.05) is 29.0 Å². The van der Waals surface area contributed by atoms with Crippen molar-refractivity contribution in [3.05, 3.63) is 69.4 Å². The number of nitrogens with one attached hydrogen (secondary N) is 3. The maximum Gasteiger partial charge on any atom is 0.322 e. The highest BCUT2D eigenvalue weighted by atomic mass is 35.5. The van der Waals surface area contributed by atoms with E-state index in [1.165, 1.54) is 0 Å². The number of anilines is 1. The molecular formula is C23H21ClN8O2. The van der Waals surface area contributed by atoms with Crippen LogP contribution in [-0.4, -0.2) is 33.2 Å². The van der Waals surface area contributed by atoms with Gasteiger partial charge in [-0.2, -0.15) is 15.9 Å². The van der Waals surface area contributed by atoms with Crippen LogP contribution in [0.25, 0.3) is 11.3 Å². The van der Waals surface area contributed by atoms with Crippen molar-refractivity contribution in [2.24, 2.45) is 5.22 Å². The fourth-order valence-electron chi connectivity index (χ4n) is 3.85. The average Bonchev–Trinajstić information content (AvgIpc) is 3.20. The minimum Gasteiger partial charge on any atom is -0.317 e. The lowest BCUT2D eigenvalue weighted by Gasteiger charge is -2.28. The summed E-state index contributed by atoms with van der Waals surface area (Å²) in [5, 5.41) is 20.1. The zero-order valence-electron chi connectivity index (χ0n) is 18.5. The number of amides is 3. The third-order valence-corrected chi connectivity index (χ3v) is 6.10. The van der Waals surface area contributed by atoms with Gasteiger partial charge in [0.1, 0.15) is 5.69 Å². The van der Waals surface area contributed by atoms with Gasteiger partial charge >= 0.3 is 6.03 Å². The molecule has 172 valence electrons. The standard InChI is InChI=1S/C23H21ClN8O2/c1-13-3-4-15(10-18(13)24)21-20(22(33)28-30-26)19-12-31(7-8-32(19)29-21)23(34)27-17-6-5-16(11-25)14(2)9-17/h3-6,9-10H,7-8,12H2,1-2H3,(H,27,34)(H2,26,28,33). The fraction of sp³-hybridized carbons (Fsp3) is 0.217. The molecular weight excluding hydrogens is 456 g/mol. The summed E-state index contributed by atoms with van der Waals surface area (Å²) in [6.07, 6.45) is 0. The Bertz CT molecular complexity index is 1360. The number of rotatable bonds is 4. The van der Waals surface area contributed by atoms with Gasteiger partial charge in [0, 0.05) is 22.8 Å². The van der Waals surface area contributed by atoms with Gasteiger partial charge in [-0.25, -0.2) is 10.2 Å². The molecule has 0 saturated heterocycles. The van der Waals surface area contributed by atoms with E-state index < -0.39 is 5.91 Å². The molecule has 10 nitrogen and oxygen atoms in total. The molecule has 4 rings (SSSR count). The second-order valence-electron chi connectivity index (χ2n) is 7.90. The van der Waals surface area contributed by atoms with Crippen LogP contribution in [0.15, 0.2) is 41.6 Å². The summed E-state index contributed by atoms with van der Waals surface area (Å²) >= 11 is 6.29. The summed E-state index contributed by atoms with van der Waals surface area (Å²) < 4.78 is 1.69. The molecule has 0 bridgehead atoms. The topological polar surface area (TPSA) is 139 Å². The number of carbonyl (C=O) groups excluding carboxylic acids is 2. The molecule has 0 saturated carbocycles. The van der Waals surface area contributed by atoms with Crippen molar-refractivity contribution in [2.75, 3.05) is 11.9 Å². The van der Waals surface area contributed by atoms with Crippen LogP contribution in [0.3, 0.4) is 0 Å². The summed E-state index contributed by atoms with van der Waals surface area (Å²) in [5.41, 5.74) is 13.8. The Morgan fingerprint density at radius 2 is 1.97 bits per heavy atom. The van der Waals surface area contributed by atoms with Crippen LogP contribution in [0, 0.1) is 30.7 Å². The number of nitriles is 1. The summed E-state index contributed by atoms with van der Waals surface area (Å²) in [7, 11) is 0. The Labute approximate surface area is 200 Å². The lowest BCUT2D eigenvalue weighted by Crippen LogP contribution is -2.41. The smallest absolute Gasteiger partial charge is 0.317 e. The van der Waals surface area contributed by atoms with E-state index in [0.29, 0.717) is 46.3 Å². The Balaban J connectivity index is 1.65. The van der Waals surface area contributed by atoms with E-state index >= 15 is 0 Å². The van der Waals surface area contributed by atoms with E-state index in [0.717, 1.165) is 11.1 Å². The Morgan fingerprint density at radius 3 is 2.65 bits per heavy atom. The van der Waals surface area contributed by atoms with E-state index in [1.807, 2.05) is 19.1 Å². The average molecular weight is 477 g/mol. The van der Waals surface area contributed by atoms with Crippen LogP contribution in [0.1, 0.15) is 32.7 Å². The van der Waals surface area contributed by atoms with Crippen LogP contribution in [0.4, 0.5) is 10.5 Å². The molecule has 11 heteroatoms. The number of benzene rings is 2. The maximum absolute atomic E-state index is 13.0. The van der Waals surface area contributed by atoms with Crippen LogP contribution < -0.4 is 10.7 Å². The third-order valence-electron chi connectivity index (χ3n) is 5.70. The molecule has 0 radical (unpaired) electrons. The molecule has 0 fully saturated rings. The van der Waals surface area contributed by atoms with Gasteiger partial charge < -0.3 is 10.2 Å².